The van der Waals surface area contributed by atoms with E-state index in [-0.39, 0.29) is 23.7 Å². The zero-order valence-corrected chi connectivity index (χ0v) is 23.6. The molecule has 1 N–H and O–H groups in total. The molecule has 0 saturated heterocycles. The first-order valence-electron chi connectivity index (χ1n) is 13.4. The monoisotopic (exact) mass is 494 g/mol. The van der Waals surface area contributed by atoms with Crippen molar-refractivity contribution in [3.63, 3.8) is 0 Å². The van der Waals surface area contributed by atoms with E-state index >= 15 is 0 Å². The Bertz CT molecular complexity index is 1200. The molecule has 2 aromatic rings. The van der Waals surface area contributed by atoms with Crippen molar-refractivity contribution in [2.45, 2.75) is 83.8 Å². The molecule has 0 amide bonds. The standard InChI is InChI=1S/C31H44NO4/c1-18-12-23-22(30(3,4)16-19(2)31(23,5)6)14-21(18)25(33)15-24-27-20(10-11-32(24,7)8)13-26-28(29(27)34-9)36-17-35-26/h12-14,19,24-25,33H,10-11,15-17H2,1-9H3/q+1. The number of nitrogens with zero attached hydrogens (tertiary/aromatic N) is 1. The number of aliphatic hydroxyl groups excluding tert-OH is 1. The molecule has 2 aromatic carbocycles. The van der Waals surface area contributed by atoms with Crippen LogP contribution in [0.3, 0.4) is 0 Å². The van der Waals surface area contributed by atoms with Crippen LogP contribution in [0.15, 0.2) is 18.2 Å². The minimum absolute atomic E-state index is 0.0769. The topological polar surface area (TPSA) is 47.9 Å². The van der Waals surface area contributed by atoms with Crippen molar-refractivity contribution in [1.29, 1.82) is 0 Å². The van der Waals surface area contributed by atoms with Crippen LogP contribution < -0.4 is 14.2 Å². The molecule has 0 aromatic heterocycles. The number of ether oxygens (including phenoxy) is 3. The smallest absolute Gasteiger partial charge is 0.231 e. The number of quaternary nitrogens is 1. The third-order valence-electron chi connectivity index (χ3n) is 9.77. The van der Waals surface area contributed by atoms with E-state index in [1.54, 1.807) is 7.11 Å². The molecule has 0 radical (unpaired) electrons. The van der Waals surface area contributed by atoms with Crippen LogP contribution in [0, 0.1) is 12.8 Å². The maximum Gasteiger partial charge on any atom is 0.231 e. The van der Waals surface area contributed by atoms with Gasteiger partial charge in [-0.25, -0.2) is 0 Å². The van der Waals surface area contributed by atoms with Gasteiger partial charge in [0.2, 0.25) is 12.5 Å². The van der Waals surface area contributed by atoms with Crippen molar-refractivity contribution >= 4 is 0 Å². The van der Waals surface area contributed by atoms with Crippen molar-refractivity contribution in [3.8, 4) is 17.2 Å². The van der Waals surface area contributed by atoms with Gasteiger partial charge in [-0.05, 0) is 64.0 Å². The van der Waals surface area contributed by atoms with E-state index in [0.29, 0.717) is 18.1 Å². The van der Waals surface area contributed by atoms with Crippen LogP contribution in [0.1, 0.15) is 93.0 Å². The molecular weight excluding hydrogens is 450 g/mol. The average Bonchev–Trinajstić information content (AvgIpc) is 3.26. The second kappa shape index (κ2) is 8.39. The molecule has 2 aliphatic heterocycles. The van der Waals surface area contributed by atoms with Gasteiger partial charge in [0.15, 0.2) is 11.5 Å². The molecule has 0 fully saturated rings. The summed E-state index contributed by atoms with van der Waals surface area (Å²) in [6, 6.07) is 6.88. The molecule has 0 saturated carbocycles. The Labute approximate surface area is 217 Å². The van der Waals surface area contributed by atoms with Gasteiger partial charge in [-0.2, -0.15) is 0 Å². The predicted molar refractivity (Wildman–Crippen MR) is 143 cm³/mol. The van der Waals surface area contributed by atoms with E-state index in [2.05, 4.69) is 73.8 Å². The first-order chi connectivity index (χ1) is 16.8. The molecule has 5 heteroatoms. The van der Waals surface area contributed by atoms with E-state index in [9.17, 15) is 5.11 Å². The Kier molecular flexibility index (Phi) is 5.92. The molecular formula is C31H44NO4+. The predicted octanol–water partition coefficient (Wildman–Crippen LogP) is 6.12. The number of methoxy groups -OCH3 is 1. The minimum atomic E-state index is -0.572. The van der Waals surface area contributed by atoms with E-state index in [1.165, 1.54) is 22.3 Å². The Hall–Kier alpha value is -2.24. The van der Waals surface area contributed by atoms with Crippen LogP contribution in [-0.2, 0) is 17.3 Å². The second-order valence-electron chi connectivity index (χ2n) is 13.2. The first-order valence-corrected chi connectivity index (χ1v) is 13.4. The van der Waals surface area contributed by atoms with Crippen molar-refractivity contribution in [3.05, 3.63) is 51.6 Å². The fourth-order valence-electron chi connectivity index (χ4n) is 7.08. The van der Waals surface area contributed by atoms with Gasteiger partial charge in [0, 0.05) is 12.8 Å². The summed E-state index contributed by atoms with van der Waals surface area (Å²) in [4.78, 5) is 0. The van der Waals surface area contributed by atoms with Gasteiger partial charge < -0.3 is 23.8 Å². The molecule has 3 aliphatic rings. The zero-order chi connectivity index (χ0) is 26.2. The highest BCUT2D eigenvalue weighted by Crippen LogP contribution is 2.53. The third kappa shape index (κ3) is 3.81. The third-order valence-corrected chi connectivity index (χ3v) is 9.77. The summed E-state index contributed by atoms with van der Waals surface area (Å²) in [6.07, 6.45) is 2.14. The Morgan fingerprint density at radius 2 is 1.83 bits per heavy atom. The Morgan fingerprint density at radius 3 is 2.53 bits per heavy atom. The van der Waals surface area contributed by atoms with Crippen LogP contribution >= 0.6 is 0 Å². The normalized spacial score (nSPS) is 25.6. The molecule has 0 spiro atoms. The second-order valence-corrected chi connectivity index (χ2v) is 13.2. The number of benzene rings is 2. The van der Waals surface area contributed by atoms with Crippen LogP contribution in [0.25, 0.3) is 0 Å². The van der Waals surface area contributed by atoms with E-state index in [4.69, 9.17) is 14.2 Å². The SMILES string of the molecule is COc1c2c(cc3c1C(CC(O)c1cc4c(cc1C)C(C)(C)C(C)CC4(C)C)[N+](C)(C)CC3)OCO2. The van der Waals surface area contributed by atoms with Gasteiger partial charge in [0.1, 0.15) is 6.04 Å². The lowest BCUT2D eigenvalue weighted by Gasteiger charge is -2.47. The summed E-state index contributed by atoms with van der Waals surface area (Å²) in [5.74, 6) is 2.83. The van der Waals surface area contributed by atoms with E-state index < -0.39 is 6.10 Å². The molecule has 2 heterocycles. The highest BCUT2D eigenvalue weighted by Gasteiger charge is 2.44. The number of aryl methyl sites for hydroxylation is 1. The lowest BCUT2D eigenvalue weighted by atomic mass is 9.58. The van der Waals surface area contributed by atoms with Crippen molar-refractivity contribution in [1.82, 2.24) is 0 Å². The number of aliphatic hydroxyl groups is 1. The largest absolute Gasteiger partial charge is 0.492 e. The number of hydrogen-bond acceptors (Lipinski definition) is 4. The Morgan fingerprint density at radius 1 is 1.11 bits per heavy atom. The number of rotatable bonds is 4. The van der Waals surface area contributed by atoms with Gasteiger partial charge in [-0.3, -0.25) is 0 Å². The molecule has 36 heavy (non-hydrogen) atoms. The Balaban J connectivity index is 1.57. The summed E-state index contributed by atoms with van der Waals surface area (Å²) in [6.45, 7) is 15.2. The minimum Gasteiger partial charge on any atom is -0.492 e. The highest BCUT2D eigenvalue weighted by atomic mass is 16.7. The molecule has 1 aliphatic carbocycles. The van der Waals surface area contributed by atoms with E-state index in [1.807, 2.05) is 0 Å². The molecule has 0 bridgehead atoms. The van der Waals surface area contributed by atoms with Crippen LogP contribution in [0.2, 0.25) is 0 Å². The van der Waals surface area contributed by atoms with Gasteiger partial charge in [0.05, 0.1) is 39.4 Å². The molecule has 5 rings (SSSR count). The summed E-state index contributed by atoms with van der Waals surface area (Å²) in [7, 11) is 6.23. The first kappa shape index (κ1) is 25.4. The van der Waals surface area contributed by atoms with Crippen LogP contribution in [0.5, 0.6) is 17.2 Å². The molecule has 3 atom stereocenters. The summed E-state index contributed by atoms with van der Waals surface area (Å²) in [5, 5.41) is 11.8. The van der Waals surface area contributed by atoms with Crippen molar-refractivity contribution in [2.75, 3.05) is 34.5 Å². The lowest BCUT2D eigenvalue weighted by Crippen LogP contribution is -2.48. The fourth-order valence-corrected chi connectivity index (χ4v) is 7.08. The lowest BCUT2D eigenvalue weighted by molar-refractivity contribution is -0.924. The summed E-state index contributed by atoms with van der Waals surface area (Å²) < 4.78 is 18.2. The van der Waals surface area contributed by atoms with Gasteiger partial charge in [-0.15, -0.1) is 0 Å². The van der Waals surface area contributed by atoms with Crippen LogP contribution in [0.4, 0.5) is 0 Å². The fraction of sp³-hybridized carbons (Fsp3) is 0.613. The van der Waals surface area contributed by atoms with Crippen molar-refractivity contribution < 1.29 is 23.8 Å². The summed E-state index contributed by atoms with van der Waals surface area (Å²) >= 11 is 0. The molecule has 5 nitrogen and oxygen atoms in total. The van der Waals surface area contributed by atoms with Gasteiger partial charge in [-0.1, -0.05) is 46.8 Å². The van der Waals surface area contributed by atoms with Crippen molar-refractivity contribution in [2.24, 2.45) is 5.92 Å². The maximum atomic E-state index is 11.8. The quantitative estimate of drug-likeness (QED) is 0.520. The zero-order valence-electron chi connectivity index (χ0n) is 23.6. The van der Waals surface area contributed by atoms with Gasteiger partial charge >= 0.3 is 0 Å². The summed E-state index contributed by atoms with van der Waals surface area (Å²) in [5.41, 5.74) is 7.67. The highest BCUT2D eigenvalue weighted by molar-refractivity contribution is 5.61. The maximum absolute atomic E-state index is 11.8. The molecule has 196 valence electrons. The number of fused-ring (bicyclic) bond motifs is 3. The number of likely N-dealkylation sites (N-methyl/N-ethyl adjacent to an activating group) is 1. The average molecular weight is 495 g/mol. The van der Waals surface area contributed by atoms with Gasteiger partial charge in [0.25, 0.3) is 0 Å². The van der Waals surface area contributed by atoms with E-state index in [0.717, 1.165) is 46.5 Å². The molecule has 3 unspecified atom stereocenters. The number of hydrogen-bond donors (Lipinski definition) is 1. The van der Waals surface area contributed by atoms with Crippen LogP contribution in [-0.4, -0.2) is 44.1 Å².